The Kier molecular flexibility index (Phi) is 8.77. The molecule has 0 aliphatic carbocycles. The number of halogens is 1. The molecular formula is C28H35ClN6O4S. The number of fused-ring (bicyclic) bond motifs is 1. The summed E-state index contributed by atoms with van der Waals surface area (Å²) >= 11 is 6.40. The third kappa shape index (κ3) is 6.43. The summed E-state index contributed by atoms with van der Waals surface area (Å²) in [6.45, 7) is 8.51. The van der Waals surface area contributed by atoms with E-state index >= 15 is 0 Å². The number of aromatic hydroxyl groups is 1. The number of hydrogen-bond acceptors (Lipinski definition) is 9. The van der Waals surface area contributed by atoms with Gasteiger partial charge in [-0.3, -0.25) is 0 Å². The number of aromatic nitrogens is 3. The predicted octanol–water partition coefficient (Wildman–Crippen LogP) is 5.81. The monoisotopic (exact) mass is 586 g/mol. The van der Waals surface area contributed by atoms with Crippen LogP contribution in [0.4, 0.5) is 23.1 Å². The van der Waals surface area contributed by atoms with Crippen molar-refractivity contribution < 1.29 is 18.3 Å². The van der Waals surface area contributed by atoms with Crippen molar-refractivity contribution in [2.75, 3.05) is 31.3 Å². The maximum absolute atomic E-state index is 12.9. The van der Waals surface area contributed by atoms with E-state index in [0.717, 1.165) is 11.9 Å². The number of nitrogens with one attached hydrogen (secondary N) is 2. The molecule has 0 radical (unpaired) electrons. The van der Waals surface area contributed by atoms with Gasteiger partial charge in [-0.25, -0.2) is 13.4 Å². The fraction of sp³-hybridized carbons (Fsp3) is 0.357. The number of rotatable bonds is 11. The zero-order valence-electron chi connectivity index (χ0n) is 23.4. The van der Waals surface area contributed by atoms with E-state index in [2.05, 4.69) is 20.6 Å². The van der Waals surface area contributed by atoms with Gasteiger partial charge in [0, 0.05) is 30.1 Å². The summed E-state index contributed by atoms with van der Waals surface area (Å²) in [5.74, 6) is 1.15. The third-order valence-corrected chi connectivity index (χ3v) is 8.66. The second-order valence-corrected chi connectivity index (χ2v) is 13.2. The molecular weight excluding hydrogens is 552 g/mol. The number of benzene rings is 2. The van der Waals surface area contributed by atoms with Gasteiger partial charge in [0.15, 0.2) is 21.5 Å². The maximum atomic E-state index is 12.9. The van der Waals surface area contributed by atoms with Crippen LogP contribution in [0.25, 0.3) is 10.8 Å². The van der Waals surface area contributed by atoms with Gasteiger partial charge in [-0.1, -0.05) is 23.7 Å². The number of likely N-dealkylation sites (N-methyl/N-ethyl adjacent to an activating group) is 1. The predicted molar refractivity (Wildman–Crippen MR) is 160 cm³/mol. The minimum Gasteiger partial charge on any atom is -0.494 e. The lowest BCUT2D eigenvalue weighted by molar-refractivity contribution is 0.244. The fourth-order valence-electron chi connectivity index (χ4n) is 4.04. The molecule has 0 aliphatic heterocycles. The second kappa shape index (κ2) is 11.9. The van der Waals surface area contributed by atoms with Crippen LogP contribution in [0, 0.1) is 0 Å². The van der Waals surface area contributed by atoms with E-state index in [0.29, 0.717) is 29.1 Å². The first-order valence-electron chi connectivity index (χ1n) is 12.9. The van der Waals surface area contributed by atoms with Crippen molar-refractivity contribution >= 4 is 55.4 Å². The van der Waals surface area contributed by atoms with Crippen LogP contribution in [0.3, 0.4) is 0 Å². The van der Waals surface area contributed by atoms with Crippen molar-refractivity contribution in [3.05, 3.63) is 53.8 Å². The highest BCUT2D eigenvalue weighted by Crippen LogP contribution is 2.38. The molecule has 0 atom stereocenters. The van der Waals surface area contributed by atoms with Crippen molar-refractivity contribution in [2.45, 2.75) is 50.5 Å². The van der Waals surface area contributed by atoms with Crippen LogP contribution >= 0.6 is 11.6 Å². The van der Waals surface area contributed by atoms with Crippen LogP contribution in [0.1, 0.15) is 27.7 Å². The van der Waals surface area contributed by atoms with Gasteiger partial charge in [-0.15, -0.1) is 0 Å². The first kappa shape index (κ1) is 29.4. The maximum Gasteiger partial charge on any atom is 0.229 e. The molecule has 4 rings (SSSR count). The smallest absolute Gasteiger partial charge is 0.229 e. The zero-order chi connectivity index (χ0) is 29.2. The van der Waals surface area contributed by atoms with Gasteiger partial charge < -0.3 is 29.9 Å². The van der Waals surface area contributed by atoms with E-state index in [1.165, 1.54) is 6.20 Å². The van der Waals surface area contributed by atoms with Crippen LogP contribution in [0.15, 0.2) is 53.7 Å². The van der Waals surface area contributed by atoms with Crippen LogP contribution in [0.5, 0.6) is 11.6 Å². The molecule has 3 N–H and O–H groups in total. The van der Waals surface area contributed by atoms with E-state index in [-0.39, 0.29) is 33.7 Å². The average Bonchev–Trinajstić information content (AvgIpc) is 3.19. The Labute approximate surface area is 239 Å². The molecule has 214 valence electrons. The summed E-state index contributed by atoms with van der Waals surface area (Å²) in [5.41, 5.74) is 0.912. The van der Waals surface area contributed by atoms with Gasteiger partial charge >= 0.3 is 0 Å². The number of anilines is 4. The van der Waals surface area contributed by atoms with Crippen LogP contribution in [0.2, 0.25) is 5.02 Å². The standard InChI is InChI=1S/C28H35ClN6O4S/c1-17(2)39-24-13-19-16-35(12-11-34(5)6)27(36)20(19)14-23(24)32-28-30-15-21(29)26(33-28)31-22-9-7-8-10-25(22)40(37,38)18(3)4/h7-10,13-18,36H,11-12H2,1-6H3,(H2,30,31,32,33). The van der Waals surface area contributed by atoms with Crippen LogP contribution in [-0.2, 0) is 16.4 Å². The number of hydrogen-bond donors (Lipinski definition) is 3. The molecule has 0 amide bonds. The largest absolute Gasteiger partial charge is 0.494 e. The molecule has 2 aromatic carbocycles. The number of para-hydroxylation sites is 1. The van der Waals surface area contributed by atoms with E-state index in [4.69, 9.17) is 16.3 Å². The van der Waals surface area contributed by atoms with E-state index in [9.17, 15) is 13.5 Å². The minimum atomic E-state index is -3.56. The molecule has 2 heterocycles. The van der Waals surface area contributed by atoms with Crippen LogP contribution in [-0.4, -0.2) is 65.0 Å². The Morgan fingerprint density at radius 2 is 1.82 bits per heavy atom. The molecule has 0 aliphatic rings. The normalized spacial score (nSPS) is 12.1. The molecule has 40 heavy (non-hydrogen) atoms. The lowest BCUT2D eigenvalue weighted by Gasteiger charge is -2.17. The van der Waals surface area contributed by atoms with Gasteiger partial charge in [-0.2, -0.15) is 4.98 Å². The quantitative estimate of drug-likeness (QED) is 0.200. The molecule has 0 saturated carbocycles. The second-order valence-electron chi connectivity index (χ2n) is 10.3. The number of ether oxygens (including phenoxy) is 1. The summed E-state index contributed by atoms with van der Waals surface area (Å²) in [4.78, 5) is 11.0. The van der Waals surface area contributed by atoms with E-state index < -0.39 is 15.1 Å². The van der Waals surface area contributed by atoms with Crippen molar-refractivity contribution in [2.24, 2.45) is 0 Å². The summed E-state index contributed by atoms with van der Waals surface area (Å²) in [6, 6.07) is 10.3. The molecule has 0 unspecified atom stereocenters. The highest BCUT2D eigenvalue weighted by molar-refractivity contribution is 7.92. The molecule has 4 aromatic rings. The Balaban J connectivity index is 1.71. The lowest BCUT2D eigenvalue weighted by atomic mass is 10.2. The van der Waals surface area contributed by atoms with Gasteiger partial charge in [0.2, 0.25) is 5.95 Å². The van der Waals surface area contributed by atoms with Gasteiger partial charge in [-0.05, 0) is 66.1 Å². The van der Waals surface area contributed by atoms with E-state index in [1.54, 1.807) is 48.7 Å². The molecule has 0 spiro atoms. The van der Waals surface area contributed by atoms with Crippen molar-refractivity contribution in [1.29, 1.82) is 0 Å². The molecule has 10 nitrogen and oxygen atoms in total. The summed E-state index contributed by atoms with van der Waals surface area (Å²) in [7, 11) is 0.402. The zero-order valence-corrected chi connectivity index (χ0v) is 25.0. The fourth-order valence-corrected chi connectivity index (χ4v) is 5.38. The van der Waals surface area contributed by atoms with Crippen molar-refractivity contribution in [3.8, 4) is 11.6 Å². The van der Waals surface area contributed by atoms with Crippen molar-refractivity contribution in [3.63, 3.8) is 0 Å². The Morgan fingerprint density at radius 3 is 2.50 bits per heavy atom. The molecule has 12 heteroatoms. The number of nitrogens with zero attached hydrogens (tertiary/aromatic N) is 4. The SMILES string of the molecule is CC(C)Oc1cc2cn(CCN(C)C)c(O)c2cc1Nc1ncc(Cl)c(Nc2ccccc2S(=O)(=O)C(C)C)n1. The molecule has 0 fully saturated rings. The summed E-state index contributed by atoms with van der Waals surface area (Å²) < 4.78 is 33.7. The Morgan fingerprint density at radius 1 is 1.10 bits per heavy atom. The first-order chi connectivity index (χ1) is 18.9. The van der Waals surface area contributed by atoms with Crippen molar-refractivity contribution in [1.82, 2.24) is 19.4 Å². The highest BCUT2D eigenvalue weighted by atomic mass is 35.5. The summed E-state index contributed by atoms with van der Waals surface area (Å²) in [6.07, 6.45) is 3.22. The van der Waals surface area contributed by atoms with Gasteiger partial charge in [0.1, 0.15) is 10.8 Å². The average molecular weight is 587 g/mol. The Bertz CT molecular complexity index is 1620. The first-order valence-corrected chi connectivity index (χ1v) is 14.9. The van der Waals surface area contributed by atoms with Gasteiger partial charge in [0.25, 0.3) is 0 Å². The molecule has 0 saturated heterocycles. The molecule has 0 bridgehead atoms. The van der Waals surface area contributed by atoms with E-state index in [1.807, 2.05) is 45.1 Å². The van der Waals surface area contributed by atoms with Crippen LogP contribution < -0.4 is 15.4 Å². The number of sulfone groups is 1. The lowest BCUT2D eigenvalue weighted by Crippen LogP contribution is -2.17. The van der Waals surface area contributed by atoms with Gasteiger partial charge in [0.05, 0.1) is 33.8 Å². The highest BCUT2D eigenvalue weighted by Gasteiger charge is 2.23. The summed E-state index contributed by atoms with van der Waals surface area (Å²) in [5, 5.41) is 18.2. The molecule has 2 aromatic heterocycles. The Hall–Kier alpha value is -3.54. The minimum absolute atomic E-state index is 0.106. The topological polar surface area (TPSA) is 122 Å². The third-order valence-electron chi connectivity index (χ3n) is 6.17.